The number of nitrogens with two attached hydrogens (primary N) is 1. The van der Waals surface area contributed by atoms with Gasteiger partial charge in [0.2, 0.25) is 0 Å². The molecule has 3 N–H and O–H groups in total. The number of aliphatic carboxylic acids is 1. The zero-order valence-electron chi connectivity index (χ0n) is 11.6. The van der Waals surface area contributed by atoms with Gasteiger partial charge in [0.25, 0.3) is 0 Å². The number of nitrogen functional groups attached to an aromatic ring is 1. The Balaban J connectivity index is 2.12. The van der Waals surface area contributed by atoms with Crippen LogP contribution in [0.4, 0.5) is 5.69 Å². The number of carboxylic acids is 1. The third kappa shape index (κ3) is 2.54. The third-order valence-corrected chi connectivity index (χ3v) is 3.35. The molecule has 1 atom stereocenters. The molecule has 0 aliphatic heterocycles. The third-order valence-electron chi connectivity index (χ3n) is 3.35. The lowest BCUT2D eigenvalue weighted by molar-refractivity contribution is -0.139. The lowest BCUT2D eigenvalue weighted by Crippen LogP contribution is -2.22. The molecule has 2 aromatic carbocycles. The molecular weight excluding hydrogens is 280 g/mol. The molecule has 0 saturated carbocycles. The Hall–Kier alpha value is -3.15. The monoisotopic (exact) mass is 294 g/mol. The van der Waals surface area contributed by atoms with E-state index in [4.69, 9.17) is 5.73 Å². The molecule has 22 heavy (non-hydrogen) atoms. The molecular formula is C16H14N4O2. The van der Waals surface area contributed by atoms with Gasteiger partial charge in [-0.25, -0.2) is 9.48 Å². The summed E-state index contributed by atoms with van der Waals surface area (Å²) in [4.78, 5) is 11.7. The second-order valence-corrected chi connectivity index (χ2v) is 4.84. The molecule has 6 nitrogen and oxygen atoms in total. The molecule has 0 spiro atoms. The Labute approximate surface area is 126 Å². The van der Waals surface area contributed by atoms with Crippen LogP contribution in [0.5, 0.6) is 0 Å². The maximum absolute atomic E-state index is 11.7. The number of hydrogen-bond donors (Lipinski definition) is 2. The van der Waals surface area contributed by atoms with E-state index in [0.717, 1.165) is 5.56 Å². The second-order valence-electron chi connectivity index (χ2n) is 4.84. The van der Waals surface area contributed by atoms with Gasteiger partial charge in [0.05, 0.1) is 11.9 Å². The zero-order chi connectivity index (χ0) is 15.5. The second kappa shape index (κ2) is 5.69. The highest BCUT2D eigenvalue weighted by Crippen LogP contribution is 2.26. The topological polar surface area (TPSA) is 94.0 Å². The van der Waals surface area contributed by atoms with E-state index in [2.05, 4.69) is 10.3 Å². The molecule has 0 bridgehead atoms. The van der Waals surface area contributed by atoms with Crippen LogP contribution in [-0.4, -0.2) is 26.1 Å². The number of rotatable bonds is 4. The fourth-order valence-corrected chi connectivity index (χ4v) is 2.36. The van der Waals surface area contributed by atoms with Gasteiger partial charge in [0.15, 0.2) is 6.04 Å². The lowest BCUT2D eigenvalue weighted by Gasteiger charge is -2.15. The van der Waals surface area contributed by atoms with Crippen LogP contribution in [0.2, 0.25) is 0 Å². The van der Waals surface area contributed by atoms with Crippen LogP contribution in [0.3, 0.4) is 0 Å². The van der Waals surface area contributed by atoms with Gasteiger partial charge >= 0.3 is 5.97 Å². The number of aromatic nitrogens is 3. The van der Waals surface area contributed by atoms with Crippen molar-refractivity contribution in [1.29, 1.82) is 0 Å². The molecule has 0 fully saturated rings. The number of carboxylic acid groups (broad SMARTS) is 1. The predicted octanol–water partition coefficient (Wildman–Crippen LogP) is 2.20. The van der Waals surface area contributed by atoms with Gasteiger partial charge in [-0.1, -0.05) is 47.7 Å². The summed E-state index contributed by atoms with van der Waals surface area (Å²) in [6.45, 7) is 0. The minimum Gasteiger partial charge on any atom is -0.479 e. The van der Waals surface area contributed by atoms with Crippen molar-refractivity contribution >= 4 is 11.7 Å². The number of hydrogen-bond acceptors (Lipinski definition) is 4. The summed E-state index contributed by atoms with van der Waals surface area (Å²) in [5.41, 5.74) is 8.39. The van der Waals surface area contributed by atoms with Crippen LogP contribution >= 0.6 is 0 Å². The van der Waals surface area contributed by atoms with Crippen molar-refractivity contribution in [2.24, 2.45) is 0 Å². The highest BCUT2D eigenvalue weighted by molar-refractivity contribution is 5.77. The van der Waals surface area contributed by atoms with Gasteiger partial charge in [-0.05, 0) is 17.7 Å². The molecule has 3 rings (SSSR count). The van der Waals surface area contributed by atoms with Crippen molar-refractivity contribution in [2.75, 3.05) is 5.73 Å². The average molecular weight is 294 g/mol. The molecule has 0 aliphatic carbocycles. The van der Waals surface area contributed by atoms with Crippen LogP contribution in [0.25, 0.3) is 11.3 Å². The summed E-state index contributed by atoms with van der Waals surface area (Å²) >= 11 is 0. The predicted molar refractivity (Wildman–Crippen MR) is 82.1 cm³/mol. The van der Waals surface area contributed by atoms with Gasteiger partial charge in [-0.15, -0.1) is 5.10 Å². The Morgan fingerprint density at radius 2 is 1.91 bits per heavy atom. The molecule has 1 heterocycles. The van der Waals surface area contributed by atoms with E-state index in [1.54, 1.807) is 42.5 Å². The van der Waals surface area contributed by atoms with Gasteiger partial charge in [0, 0.05) is 11.3 Å². The van der Waals surface area contributed by atoms with E-state index < -0.39 is 12.0 Å². The van der Waals surface area contributed by atoms with Crippen molar-refractivity contribution in [3.05, 3.63) is 66.4 Å². The van der Waals surface area contributed by atoms with Crippen molar-refractivity contribution in [1.82, 2.24) is 15.0 Å². The van der Waals surface area contributed by atoms with E-state index in [9.17, 15) is 9.90 Å². The minimum absolute atomic E-state index is 0.594. The standard InChI is InChI=1S/C16H14N4O2/c17-13-8-4-7-12(9-13)14-10-18-19-20(14)15(16(21)22)11-5-2-1-3-6-11/h1-10,15H,17H2,(H,21,22). The molecule has 0 saturated heterocycles. The highest BCUT2D eigenvalue weighted by atomic mass is 16.4. The van der Waals surface area contributed by atoms with Gasteiger partial charge in [-0.2, -0.15) is 0 Å². The first kappa shape index (κ1) is 13.8. The van der Waals surface area contributed by atoms with E-state index in [1.807, 2.05) is 12.1 Å². The Morgan fingerprint density at radius 3 is 2.59 bits per heavy atom. The van der Waals surface area contributed by atoms with E-state index >= 15 is 0 Å². The zero-order valence-corrected chi connectivity index (χ0v) is 11.6. The fourth-order valence-electron chi connectivity index (χ4n) is 2.36. The molecule has 6 heteroatoms. The largest absolute Gasteiger partial charge is 0.479 e. The van der Waals surface area contributed by atoms with Crippen molar-refractivity contribution < 1.29 is 9.90 Å². The fraction of sp³-hybridized carbons (Fsp3) is 0.0625. The summed E-state index contributed by atoms with van der Waals surface area (Å²) in [6.07, 6.45) is 1.54. The first-order valence-corrected chi connectivity index (χ1v) is 6.70. The summed E-state index contributed by atoms with van der Waals surface area (Å²) in [6, 6.07) is 15.2. The normalized spacial score (nSPS) is 12.0. The van der Waals surface area contributed by atoms with E-state index in [1.165, 1.54) is 10.9 Å². The number of benzene rings is 2. The SMILES string of the molecule is Nc1cccc(-c2cnnn2C(C(=O)O)c2ccccc2)c1. The van der Waals surface area contributed by atoms with Gasteiger partial charge in [0.1, 0.15) is 0 Å². The average Bonchev–Trinajstić information content (AvgIpc) is 2.97. The first-order chi connectivity index (χ1) is 10.7. The van der Waals surface area contributed by atoms with Crippen LogP contribution in [0, 0.1) is 0 Å². The Kier molecular flexibility index (Phi) is 3.57. The Morgan fingerprint density at radius 1 is 1.14 bits per heavy atom. The molecule has 1 aromatic heterocycles. The van der Waals surface area contributed by atoms with E-state index in [-0.39, 0.29) is 0 Å². The molecule has 0 radical (unpaired) electrons. The highest BCUT2D eigenvalue weighted by Gasteiger charge is 2.25. The maximum Gasteiger partial charge on any atom is 0.333 e. The van der Waals surface area contributed by atoms with Crippen LogP contribution in [0.1, 0.15) is 11.6 Å². The Bertz CT molecular complexity index is 799. The summed E-state index contributed by atoms with van der Waals surface area (Å²) in [5, 5.41) is 17.4. The summed E-state index contributed by atoms with van der Waals surface area (Å²) in [7, 11) is 0. The smallest absolute Gasteiger partial charge is 0.333 e. The van der Waals surface area contributed by atoms with Crippen molar-refractivity contribution in [2.45, 2.75) is 6.04 Å². The minimum atomic E-state index is -0.998. The molecule has 3 aromatic rings. The van der Waals surface area contributed by atoms with Crippen LogP contribution < -0.4 is 5.73 Å². The molecule has 0 amide bonds. The van der Waals surface area contributed by atoms with Crippen molar-refractivity contribution in [3.8, 4) is 11.3 Å². The van der Waals surface area contributed by atoms with Crippen LogP contribution in [-0.2, 0) is 4.79 Å². The quantitative estimate of drug-likeness (QED) is 0.719. The van der Waals surface area contributed by atoms with Crippen LogP contribution in [0.15, 0.2) is 60.8 Å². The van der Waals surface area contributed by atoms with Gasteiger partial charge < -0.3 is 10.8 Å². The molecule has 0 aliphatic rings. The summed E-state index contributed by atoms with van der Waals surface area (Å²) in [5.74, 6) is -0.998. The van der Waals surface area contributed by atoms with E-state index in [0.29, 0.717) is 16.9 Å². The first-order valence-electron chi connectivity index (χ1n) is 6.70. The maximum atomic E-state index is 11.7. The molecule has 1 unspecified atom stereocenters. The molecule has 110 valence electrons. The number of carbonyl (C=O) groups is 1. The van der Waals surface area contributed by atoms with Gasteiger partial charge in [-0.3, -0.25) is 0 Å². The summed E-state index contributed by atoms with van der Waals surface area (Å²) < 4.78 is 1.40. The number of nitrogens with zero attached hydrogens (tertiary/aromatic N) is 3. The lowest BCUT2D eigenvalue weighted by atomic mass is 10.1. The number of anilines is 1. The van der Waals surface area contributed by atoms with Crippen molar-refractivity contribution in [3.63, 3.8) is 0 Å².